The van der Waals surface area contributed by atoms with Gasteiger partial charge >= 0.3 is 5.97 Å². The quantitative estimate of drug-likeness (QED) is 0.736. The number of carbonyl (C=O) groups is 1. The van der Waals surface area contributed by atoms with E-state index in [9.17, 15) is 13.2 Å². The summed E-state index contributed by atoms with van der Waals surface area (Å²) in [6, 6.07) is 9.88. The van der Waals surface area contributed by atoms with Crippen LogP contribution >= 0.6 is 0 Å². The molecule has 0 unspecified atom stereocenters. The van der Waals surface area contributed by atoms with Crippen LogP contribution < -0.4 is 10.0 Å². The molecule has 0 aliphatic rings. The van der Waals surface area contributed by atoms with Crippen molar-refractivity contribution in [1.29, 1.82) is 0 Å². The molecule has 24 heavy (non-hydrogen) atoms. The van der Waals surface area contributed by atoms with E-state index >= 15 is 0 Å². The summed E-state index contributed by atoms with van der Waals surface area (Å²) in [4.78, 5) is 11.9. The Labute approximate surface area is 140 Å². The Balaban J connectivity index is 2.16. The highest BCUT2D eigenvalue weighted by molar-refractivity contribution is 7.92. The fourth-order valence-electron chi connectivity index (χ4n) is 1.80. The number of nitrogens with zero attached hydrogens (tertiary/aromatic N) is 2. The van der Waals surface area contributed by atoms with E-state index in [0.717, 1.165) is 0 Å². The van der Waals surface area contributed by atoms with Crippen LogP contribution in [0.1, 0.15) is 24.2 Å². The van der Waals surface area contributed by atoms with Crippen LogP contribution in [0, 0.1) is 0 Å². The Morgan fingerprint density at radius 2 is 1.75 bits per heavy atom. The zero-order valence-corrected chi connectivity index (χ0v) is 14.1. The number of benzene rings is 1. The molecule has 2 rings (SSSR count). The minimum atomic E-state index is -3.40. The molecule has 128 valence electrons. The first-order valence-corrected chi connectivity index (χ1v) is 8.97. The van der Waals surface area contributed by atoms with E-state index in [1.54, 1.807) is 37.3 Å². The molecule has 0 aliphatic carbocycles. The molecule has 0 fully saturated rings. The van der Waals surface area contributed by atoms with Crippen LogP contribution in [-0.2, 0) is 14.8 Å². The van der Waals surface area contributed by atoms with E-state index in [4.69, 9.17) is 4.74 Å². The molecular weight excluding hydrogens is 332 g/mol. The summed E-state index contributed by atoms with van der Waals surface area (Å²) in [7, 11) is -3.40. The predicted octanol–water partition coefficient (Wildman–Crippen LogP) is 2.16. The van der Waals surface area contributed by atoms with Gasteiger partial charge in [0, 0.05) is 0 Å². The van der Waals surface area contributed by atoms with Crippen LogP contribution in [0.4, 0.5) is 17.3 Å². The second-order valence-electron chi connectivity index (χ2n) is 4.70. The lowest BCUT2D eigenvalue weighted by molar-refractivity contribution is 0.0527. The molecule has 0 saturated carbocycles. The second kappa shape index (κ2) is 7.73. The number of para-hydroxylation sites is 1. The Morgan fingerprint density at radius 3 is 2.38 bits per heavy atom. The first-order chi connectivity index (χ1) is 11.4. The average Bonchev–Trinajstić information content (AvgIpc) is 2.57. The minimum Gasteiger partial charge on any atom is -0.462 e. The highest BCUT2D eigenvalue weighted by atomic mass is 32.2. The van der Waals surface area contributed by atoms with Crippen molar-refractivity contribution in [2.45, 2.75) is 13.8 Å². The molecule has 0 spiro atoms. The summed E-state index contributed by atoms with van der Waals surface area (Å²) in [6.45, 7) is 3.53. The number of esters is 1. The van der Waals surface area contributed by atoms with E-state index in [1.165, 1.54) is 13.0 Å². The number of carbonyl (C=O) groups excluding carboxylic acids is 1. The van der Waals surface area contributed by atoms with Gasteiger partial charge in [-0.15, -0.1) is 10.2 Å². The van der Waals surface area contributed by atoms with Gasteiger partial charge in [0.15, 0.2) is 11.6 Å². The lowest BCUT2D eigenvalue weighted by atomic mass is 10.2. The molecule has 9 heteroatoms. The summed E-state index contributed by atoms with van der Waals surface area (Å²) in [5, 5.41) is 10.7. The topological polar surface area (TPSA) is 110 Å². The van der Waals surface area contributed by atoms with Gasteiger partial charge in [-0.05, 0) is 38.1 Å². The van der Waals surface area contributed by atoms with Crippen molar-refractivity contribution in [2.75, 3.05) is 22.4 Å². The number of hydrogen-bond donors (Lipinski definition) is 2. The van der Waals surface area contributed by atoms with Crippen LogP contribution in [0.15, 0.2) is 36.4 Å². The molecule has 2 aromatic rings. The van der Waals surface area contributed by atoms with Gasteiger partial charge < -0.3 is 10.1 Å². The number of nitrogens with one attached hydrogen (secondary N) is 2. The largest absolute Gasteiger partial charge is 0.462 e. The molecule has 1 heterocycles. The van der Waals surface area contributed by atoms with Crippen LogP contribution in [0.3, 0.4) is 0 Å². The van der Waals surface area contributed by atoms with Gasteiger partial charge in [0.05, 0.1) is 23.6 Å². The fraction of sp³-hybridized carbons (Fsp3) is 0.267. The van der Waals surface area contributed by atoms with Gasteiger partial charge in [0.2, 0.25) is 10.0 Å². The number of sulfonamides is 1. The molecule has 0 bridgehead atoms. The summed E-state index contributed by atoms with van der Waals surface area (Å²) in [5.74, 6) is -0.00475. The first kappa shape index (κ1) is 17.7. The highest BCUT2D eigenvalue weighted by Gasteiger charge is 2.13. The van der Waals surface area contributed by atoms with Gasteiger partial charge in [0.1, 0.15) is 0 Å². The lowest BCUT2D eigenvalue weighted by Gasteiger charge is -2.10. The maximum absolute atomic E-state index is 11.9. The van der Waals surface area contributed by atoms with E-state index < -0.39 is 16.0 Å². The second-order valence-corrected chi connectivity index (χ2v) is 6.71. The van der Waals surface area contributed by atoms with Crippen molar-refractivity contribution in [3.05, 3.63) is 42.0 Å². The number of hydrogen-bond acceptors (Lipinski definition) is 7. The molecule has 8 nitrogen and oxygen atoms in total. The zero-order chi connectivity index (χ0) is 17.6. The van der Waals surface area contributed by atoms with Crippen molar-refractivity contribution in [3.8, 4) is 0 Å². The predicted molar refractivity (Wildman–Crippen MR) is 90.8 cm³/mol. The zero-order valence-electron chi connectivity index (χ0n) is 13.3. The molecule has 0 amide bonds. The lowest BCUT2D eigenvalue weighted by Crippen LogP contribution is -2.16. The maximum atomic E-state index is 11.9. The third-order valence-corrected chi connectivity index (χ3v) is 4.27. The number of rotatable bonds is 7. The van der Waals surface area contributed by atoms with Crippen LogP contribution in [0.5, 0.6) is 0 Å². The molecule has 1 aromatic carbocycles. The Kier molecular flexibility index (Phi) is 5.69. The monoisotopic (exact) mass is 350 g/mol. The molecular formula is C15H18N4O4S. The summed E-state index contributed by atoms with van der Waals surface area (Å²) >= 11 is 0. The van der Waals surface area contributed by atoms with E-state index in [1.807, 2.05) is 0 Å². The van der Waals surface area contributed by atoms with Crippen molar-refractivity contribution in [3.63, 3.8) is 0 Å². The van der Waals surface area contributed by atoms with Crippen LogP contribution in [-0.4, -0.2) is 36.9 Å². The normalized spacial score (nSPS) is 10.9. The smallest absolute Gasteiger partial charge is 0.340 e. The van der Waals surface area contributed by atoms with Gasteiger partial charge in [-0.2, -0.15) is 0 Å². The van der Waals surface area contributed by atoms with Crippen LogP contribution in [0.25, 0.3) is 0 Å². The van der Waals surface area contributed by atoms with E-state index in [0.29, 0.717) is 17.1 Å². The minimum absolute atomic E-state index is 0.0540. The SMILES string of the molecule is CCOC(=O)c1ccccc1Nc1ccc(NS(=O)(=O)CC)nn1. The number of anilines is 3. The number of ether oxygens (including phenoxy) is 1. The summed E-state index contributed by atoms with van der Waals surface area (Å²) in [5.41, 5.74) is 0.893. The fourth-order valence-corrected chi connectivity index (χ4v) is 2.37. The standard InChI is InChI=1S/C15H18N4O4S/c1-3-23-15(20)11-7-5-6-8-12(11)16-13-9-10-14(18-17-13)19-24(21,22)4-2/h5-10H,3-4H2,1-2H3,(H,16,17)(H,18,19). The molecule has 0 atom stereocenters. The van der Waals surface area contributed by atoms with E-state index in [-0.39, 0.29) is 18.2 Å². The molecule has 2 N–H and O–H groups in total. The van der Waals surface area contributed by atoms with Gasteiger partial charge in [-0.3, -0.25) is 4.72 Å². The Morgan fingerprint density at radius 1 is 1.08 bits per heavy atom. The molecule has 1 aromatic heterocycles. The van der Waals surface area contributed by atoms with Crippen molar-refractivity contribution >= 4 is 33.3 Å². The van der Waals surface area contributed by atoms with Crippen LogP contribution in [0.2, 0.25) is 0 Å². The highest BCUT2D eigenvalue weighted by Crippen LogP contribution is 2.20. The van der Waals surface area contributed by atoms with Crippen molar-refractivity contribution in [2.24, 2.45) is 0 Å². The maximum Gasteiger partial charge on any atom is 0.340 e. The van der Waals surface area contributed by atoms with Gasteiger partial charge in [-0.1, -0.05) is 12.1 Å². The molecule has 0 aliphatic heterocycles. The number of aromatic nitrogens is 2. The molecule has 0 radical (unpaired) electrons. The van der Waals surface area contributed by atoms with Gasteiger partial charge in [-0.25, -0.2) is 13.2 Å². The summed E-state index contributed by atoms with van der Waals surface area (Å²) < 4.78 is 30.3. The van der Waals surface area contributed by atoms with Crippen molar-refractivity contribution in [1.82, 2.24) is 10.2 Å². The summed E-state index contributed by atoms with van der Waals surface area (Å²) in [6.07, 6.45) is 0. The first-order valence-electron chi connectivity index (χ1n) is 7.32. The van der Waals surface area contributed by atoms with E-state index in [2.05, 4.69) is 20.2 Å². The Hall–Kier alpha value is -2.68. The van der Waals surface area contributed by atoms with Crippen molar-refractivity contribution < 1.29 is 17.9 Å². The average molecular weight is 350 g/mol. The third-order valence-electron chi connectivity index (χ3n) is 2.99. The third kappa shape index (κ3) is 4.66. The Bertz CT molecular complexity index is 806. The van der Waals surface area contributed by atoms with Gasteiger partial charge in [0.25, 0.3) is 0 Å². The molecule has 0 saturated heterocycles.